The summed E-state index contributed by atoms with van der Waals surface area (Å²) in [6.45, 7) is 5.75. The van der Waals surface area contributed by atoms with Crippen molar-refractivity contribution in [3.8, 4) is 5.75 Å². The number of methoxy groups -OCH3 is 1. The number of aryl methyl sites for hydroxylation is 1. The summed E-state index contributed by atoms with van der Waals surface area (Å²) in [4.78, 5) is 13.9. The van der Waals surface area contributed by atoms with Gasteiger partial charge in [-0.15, -0.1) is 0 Å². The molecule has 1 fully saturated rings. The molecule has 0 radical (unpaired) electrons. The number of benzene rings is 1. The Labute approximate surface area is 114 Å². The highest BCUT2D eigenvalue weighted by atomic mass is 16.5. The highest BCUT2D eigenvalue weighted by molar-refractivity contribution is 5.76. The van der Waals surface area contributed by atoms with Crippen molar-refractivity contribution in [2.45, 2.75) is 32.9 Å². The maximum atomic E-state index is 12.0. The van der Waals surface area contributed by atoms with Gasteiger partial charge in [0, 0.05) is 18.7 Å². The molecule has 104 valence electrons. The second kappa shape index (κ2) is 6.06. The maximum Gasteiger partial charge on any atom is 0.225 e. The summed E-state index contributed by atoms with van der Waals surface area (Å²) in [5.41, 5.74) is 2.19. The van der Waals surface area contributed by atoms with Crippen molar-refractivity contribution < 1.29 is 14.3 Å². The summed E-state index contributed by atoms with van der Waals surface area (Å²) in [5.74, 6) is 0.984. The number of nitrogens with zero attached hydrogens (tertiary/aromatic N) is 1. The lowest BCUT2D eigenvalue weighted by atomic mass is 10.1. The summed E-state index contributed by atoms with van der Waals surface area (Å²) in [5, 5.41) is 0. The van der Waals surface area contributed by atoms with E-state index in [0.717, 1.165) is 16.9 Å². The van der Waals surface area contributed by atoms with Gasteiger partial charge in [0.15, 0.2) is 0 Å². The first-order valence-corrected chi connectivity index (χ1v) is 6.63. The minimum Gasteiger partial charge on any atom is -0.496 e. The monoisotopic (exact) mass is 263 g/mol. The lowest BCUT2D eigenvalue weighted by molar-refractivity contribution is -0.131. The molecule has 0 unspecified atom stereocenters. The Morgan fingerprint density at radius 3 is 3.00 bits per heavy atom. The fraction of sp³-hybridized carbons (Fsp3) is 0.533. The molecule has 0 spiro atoms. The number of ether oxygens (including phenoxy) is 2. The third-order valence-corrected chi connectivity index (χ3v) is 3.35. The smallest absolute Gasteiger partial charge is 0.225 e. The third-order valence-electron chi connectivity index (χ3n) is 3.35. The van der Waals surface area contributed by atoms with Gasteiger partial charge in [-0.05, 0) is 25.5 Å². The van der Waals surface area contributed by atoms with Gasteiger partial charge in [-0.1, -0.05) is 12.1 Å². The van der Waals surface area contributed by atoms with Crippen molar-refractivity contribution in [2.75, 3.05) is 20.3 Å². The molecule has 19 heavy (non-hydrogen) atoms. The van der Waals surface area contributed by atoms with Gasteiger partial charge in [0.1, 0.15) is 5.75 Å². The zero-order valence-electron chi connectivity index (χ0n) is 11.8. The van der Waals surface area contributed by atoms with Crippen LogP contribution in [0.3, 0.4) is 0 Å². The molecular weight excluding hydrogens is 242 g/mol. The van der Waals surface area contributed by atoms with E-state index in [9.17, 15) is 4.79 Å². The molecule has 4 nitrogen and oxygen atoms in total. The van der Waals surface area contributed by atoms with Crippen molar-refractivity contribution >= 4 is 5.91 Å². The van der Waals surface area contributed by atoms with Crippen molar-refractivity contribution in [3.63, 3.8) is 0 Å². The van der Waals surface area contributed by atoms with Crippen LogP contribution in [0.2, 0.25) is 0 Å². The normalized spacial score (nSPS) is 20.3. The Morgan fingerprint density at radius 2 is 2.26 bits per heavy atom. The van der Waals surface area contributed by atoms with E-state index in [1.54, 1.807) is 7.11 Å². The molecule has 0 saturated carbocycles. The standard InChI is InChI=1S/C15H21NO3/c1-11-4-5-13(14(8-11)18-3)10-16-9-12(2)19-7-6-15(16)17/h4-5,8,12H,6-7,9-10H2,1-3H3/t12-/m1/s1. The van der Waals surface area contributed by atoms with Crippen LogP contribution in [-0.2, 0) is 16.1 Å². The quantitative estimate of drug-likeness (QED) is 0.838. The molecule has 0 N–H and O–H groups in total. The van der Waals surface area contributed by atoms with Gasteiger partial charge in [-0.2, -0.15) is 0 Å². The molecule has 4 heteroatoms. The Kier molecular flexibility index (Phi) is 4.43. The summed E-state index contributed by atoms with van der Waals surface area (Å²) in [6.07, 6.45) is 0.543. The highest BCUT2D eigenvalue weighted by Crippen LogP contribution is 2.22. The van der Waals surface area contributed by atoms with E-state index in [1.165, 1.54) is 0 Å². The topological polar surface area (TPSA) is 38.8 Å². The lowest BCUT2D eigenvalue weighted by Gasteiger charge is -2.23. The molecule has 2 rings (SSSR count). The number of hydrogen-bond donors (Lipinski definition) is 0. The summed E-state index contributed by atoms with van der Waals surface area (Å²) in [7, 11) is 1.66. The molecular formula is C15H21NO3. The van der Waals surface area contributed by atoms with E-state index in [4.69, 9.17) is 9.47 Å². The number of amides is 1. The maximum absolute atomic E-state index is 12.0. The van der Waals surface area contributed by atoms with E-state index in [-0.39, 0.29) is 12.0 Å². The van der Waals surface area contributed by atoms with Crippen LogP contribution in [-0.4, -0.2) is 37.2 Å². The van der Waals surface area contributed by atoms with Gasteiger partial charge in [0.05, 0.1) is 26.2 Å². The first-order chi connectivity index (χ1) is 9.10. The van der Waals surface area contributed by atoms with Crippen molar-refractivity contribution in [3.05, 3.63) is 29.3 Å². The SMILES string of the molecule is COc1cc(C)ccc1CN1C[C@@H](C)OCCC1=O. The molecule has 1 aromatic carbocycles. The number of rotatable bonds is 3. The Hall–Kier alpha value is -1.55. The molecule has 1 aliphatic heterocycles. The zero-order chi connectivity index (χ0) is 13.8. The van der Waals surface area contributed by atoms with Crippen LogP contribution < -0.4 is 4.74 Å². The number of carbonyl (C=O) groups excluding carboxylic acids is 1. The van der Waals surface area contributed by atoms with Crippen LogP contribution in [0.4, 0.5) is 0 Å². The molecule has 0 aromatic heterocycles. The molecule has 1 atom stereocenters. The van der Waals surface area contributed by atoms with Crippen molar-refractivity contribution in [1.29, 1.82) is 0 Å². The minimum atomic E-state index is 0.0860. The van der Waals surface area contributed by atoms with Crippen LogP contribution in [0, 0.1) is 6.92 Å². The first-order valence-electron chi connectivity index (χ1n) is 6.63. The van der Waals surface area contributed by atoms with E-state index in [0.29, 0.717) is 26.1 Å². The van der Waals surface area contributed by atoms with Gasteiger partial charge in [-0.3, -0.25) is 4.79 Å². The number of carbonyl (C=O) groups is 1. The molecule has 1 heterocycles. The fourth-order valence-corrected chi connectivity index (χ4v) is 2.31. The third kappa shape index (κ3) is 3.47. The largest absolute Gasteiger partial charge is 0.496 e. The predicted molar refractivity (Wildman–Crippen MR) is 73.2 cm³/mol. The van der Waals surface area contributed by atoms with Crippen LogP contribution in [0.25, 0.3) is 0 Å². The molecule has 1 amide bonds. The molecule has 0 aliphatic carbocycles. The van der Waals surface area contributed by atoms with E-state index < -0.39 is 0 Å². The van der Waals surface area contributed by atoms with Gasteiger partial charge < -0.3 is 14.4 Å². The minimum absolute atomic E-state index is 0.0860. The summed E-state index contributed by atoms with van der Waals surface area (Å²) >= 11 is 0. The molecule has 1 saturated heterocycles. The Balaban J connectivity index is 2.16. The van der Waals surface area contributed by atoms with Gasteiger partial charge in [0.2, 0.25) is 5.91 Å². The fourth-order valence-electron chi connectivity index (χ4n) is 2.31. The van der Waals surface area contributed by atoms with Crippen molar-refractivity contribution in [2.24, 2.45) is 0 Å². The Morgan fingerprint density at radius 1 is 1.47 bits per heavy atom. The van der Waals surface area contributed by atoms with E-state index >= 15 is 0 Å². The lowest BCUT2D eigenvalue weighted by Crippen LogP contribution is -2.34. The summed E-state index contributed by atoms with van der Waals surface area (Å²) in [6, 6.07) is 6.06. The number of hydrogen-bond acceptors (Lipinski definition) is 3. The van der Waals surface area contributed by atoms with Gasteiger partial charge in [0.25, 0.3) is 0 Å². The van der Waals surface area contributed by atoms with Crippen LogP contribution in [0.5, 0.6) is 5.75 Å². The second-order valence-electron chi connectivity index (χ2n) is 5.02. The van der Waals surface area contributed by atoms with Gasteiger partial charge in [-0.25, -0.2) is 0 Å². The predicted octanol–water partition coefficient (Wildman–Crippen LogP) is 2.14. The van der Waals surface area contributed by atoms with E-state index in [2.05, 4.69) is 0 Å². The molecule has 0 bridgehead atoms. The Bertz CT molecular complexity index is 459. The zero-order valence-corrected chi connectivity index (χ0v) is 11.8. The molecule has 1 aliphatic rings. The highest BCUT2D eigenvalue weighted by Gasteiger charge is 2.22. The van der Waals surface area contributed by atoms with Gasteiger partial charge >= 0.3 is 0 Å². The molecule has 1 aromatic rings. The second-order valence-corrected chi connectivity index (χ2v) is 5.02. The van der Waals surface area contributed by atoms with Crippen LogP contribution >= 0.6 is 0 Å². The van der Waals surface area contributed by atoms with Crippen molar-refractivity contribution in [1.82, 2.24) is 4.90 Å². The van der Waals surface area contributed by atoms with Crippen LogP contribution in [0.15, 0.2) is 18.2 Å². The first kappa shape index (κ1) is 13.9. The van der Waals surface area contributed by atoms with E-state index in [1.807, 2.05) is 36.9 Å². The average molecular weight is 263 g/mol. The summed E-state index contributed by atoms with van der Waals surface area (Å²) < 4.78 is 10.9. The average Bonchev–Trinajstić information content (AvgIpc) is 2.54. The van der Waals surface area contributed by atoms with Crippen LogP contribution in [0.1, 0.15) is 24.5 Å².